The summed E-state index contributed by atoms with van der Waals surface area (Å²) in [5, 5.41) is 0. The second kappa shape index (κ2) is 8.42. The zero-order chi connectivity index (χ0) is 15.2. The molecule has 3 aliphatic rings. The Labute approximate surface area is 133 Å². The molecular formula is C18H30O4. The maximum atomic E-state index is 12.1. The van der Waals surface area contributed by atoms with Gasteiger partial charge in [-0.05, 0) is 57.8 Å². The lowest BCUT2D eigenvalue weighted by Gasteiger charge is -2.22. The smallest absolute Gasteiger partial charge is 0.135 e. The van der Waals surface area contributed by atoms with Gasteiger partial charge in [-0.3, -0.25) is 4.79 Å². The van der Waals surface area contributed by atoms with Crippen molar-refractivity contribution in [1.29, 1.82) is 0 Å². The van der Waals surface area contributed by atoms with Crippen LogP contribution < -0.4 is 0 Å². The number of ether oxygens (including phenoxy) is 3. The highest BCUT2D eigenvalue weighted by Crippen LogP contribution is 2.30. The highest BCUT2D eigenvalue weighted by atomic mass is 16.6. The van der Waals surface area contributed by atoms with E-state index >= 15 is 0 Å². The lowest BCUT2D eigenvalue weighted by molar-refractivity contribution is -0.123. The van der Waals surface area contributed by atoms with Crippen LogP contribution in [0.15, 0.2) is 0 Å². The molecule has 0 aromatic carbocycles. The summed E-state index contributed by atoms with van der Waals surface area (Å²) >= 11 is 0. The summed E-state index contributed by atoms with van der Waals surface area (Å²) in [5.74, 6) is 0.355. The van der Waals surface area contributed by atoms with Crippen LogP contribution in [-0.4, -0.2) is 43.4 Å². The molecule has 4 heteroatoms. The van der Waals surface area contributed by atoms with E-state index in [0.29, 0.717) is 24.7 Å². The van der Waals surface area contributed by atoms with Gasteiger partial charge in [0.05, 0.1) is 24.4 Å². The van der Waals surface area contributed by atoms with Crippen LogP contribution in [0, 0.1) is 0 Å². The fourth-order valence-corrected chi connectivity index (χ4v) is 3.97. The van der Waals surface area contributed by atoms with E-state index < -0.39 is 0 Å². The number of rotatable bonds is 7. The van der Waals surface area contributed by atoms with E-state index in [1.807, 2.05) is 0 Å². The van der Waals surface area contributed by atoms with E-state index in [1.54, 1.807) is 0 Å². The van der Waals surface area contributed by atoms with E-state index in [-0.39, 0.29) is 18.3 Å². The van der Waals surface area contributed by atoms with Gasteiger partial charge in [-0.15, -0.1) is 0 Å². The Balaban J connectivity index is 1.28. The van der Waals surface area contributed by atoms with Crippen molar-refractivity contribution in [3.63, 3.8) is 0 Å². The minimum atomic E-state index is 0.132. The van der Waals surface area contributed by atoms with Crippen LogP contribution in [0.3, 0.4) is 0 Å². The molecule has 4 nitrogen and oxygen atoms in total. The van der Waals surface area contributed by atoms with E-state index in [1.165, 1.54) is 19.3 Å². The monoisotopic (exact) mass is 310 g/mol. The Bertz CT molecular complexity index is 345. The van der Waals surface area contributed by atoms with Crippen LogP contribution >= 0.6 is 0 Å². The second-order valence-corrected chi connectivity index (χ2v) is 7.05. The first-order valence-electron chi connectivity index (χ1n) is 9.21. The molecule has 126 valence electrons. The molecular weight excluding hydrogens is 280 g/mol. The number of carbonyl (C=O) groups is 1. The van der Waals surface area contributed by atoms with Crippen LogP contribution in [0.5, 0.6) is 0 Å². The van der Waals surface area contributed by atoms with Crippen molar-refractivity contribution < 1.29 is 19.0 Å². The molecule has 0 spiro atoms. The minimum Gasteiger partial charge on any atom is -0.378 e. The molecule has 0 saturated carbocycles. The summed E-state index contributed by atoms with van der Waals surface area (Å²) in [6.45, 7) is 1.77. The Morgan fingerprint density at radius 2 is 1.77 bits per heavy atom. The Morgan fingerprint density at radius 3 is 2.55 bits per heavy atom. The third kappa shape index (κ3) is 4.77. The molecule has 0 aromatic heterocycles. The van der Waals surface area contributed by atoms with Gasteiger partial charge < -0.3 is 14.2 Å². The predicted octanol–water partition coefficient (Wildman–Crippen LogP) is 3.41. The molecule has 0 bridgehead atoms. The van der Waals surface area contributed by atoms with Crippen LogP contribution in [0.4, 0.5) is 0 Å². The molecule has 22 heavy (non-hydrogen) atoms. The molecule has 0 amide bonds. The Kier molecular flexibility index (Phi) is 6.28. The van der Waals surface area contributed by atoms with Crippen molar-refractivity contribution in [3.05, 3.63) is 0 Å². The Hall–Kier alpha value is -0.450. The minimum absolute atomic E-state index is 0.132. The van der Waals surface area contributed by atoms with E-state index in [2.05, 4.69) is 0 Å². The van der Waals surface area contributed by atoms with Gasteiger partial charge in [-0.1, -0.05) is 0 Å². The standard InChI is InChI=1S/C18H30O4/c19-14(5-3-7-15-6-1-2-11-20-15)13-16-9-10-18(22-16)17-8-4-12-21-17/h15-18H,1-13H2. The van der Waals surface area contributed by atoms with E-state index in [9.17, 15) is 4.79 Å². The first-order chi connectivity index (χ1) is 10.8. The normalized spacial score (nSPS) is 35.8. The van der Waals surface area contributed by atoms with Crippen LogP contribution in [0.25, 0.3) is 0 Å². The molecule has 3 rings (SSSR count). The quantitative estimate of drug-likeness (QED) is 0.723. The largest absolute Gasteiger partial charge is 0.378 e. The summed E-state index contributed by atoms with van der Waals surface area (Å²) in [6, 6.07) is 0. The highest BCUT2D eigenvalue weighted by Gasteiger charge is 2.34. The summed E-state index contributed by atoms with van der Waals surface area (Å²) in [4.78, 5) is 12.1. The maximum absolute atomic E-state index is 12.1. The van der Waals surface area contributed by atoms with Crippen molar-refractivity contribution in [2.75, 3.05) is 13.2 Å². The van der Waals surface area contributed by atoms with Crippen molar-refractivity contribution in [1.82, 2.24) is 0 Å². The molecule has 0 radical (unpaired) electrons. The number of Topliss-reactive ketones (excluding diaryl/α,β-unsaturated/α-hetero) is 1. The fourth-order valence-electron chi connectivity index (χ4n) is 3.97. The third-order valence-electron chi connectivity index (χ3n) is 5.23. The SMILES string of the molecule is O=C(CCCC1CCCCO1)CC1CCC(C2CCCO2)O1. The summed E-state index contributed by atoms with van der Waals surface area (Å²) < 4.78 is 17.5. The summed E-state index contributed by atoms with van der Waals surface area (Å²) in [7, 11) is 0. The second-order valence-electron chi connectivity index (χ2n) is 7.05. The topological polar surface area (TPSA) is 44.8 Å². The molecule has 3 aliphatic heterocycles. The average Bonchev–Trinajstić information content (AvgIpc) is 3.19. The van der Waals surface area contributed by atoms with Crippen LogP contribution in [0.1, 0.15) is 70.6 Å². The number of hydrogen-bond donors (Lipinski definition) is 0. The Morgan fingerprint density at radius 1 is 0.864 bits per heavy atom. The molecule has 3 heterocycles. The number of hydrogen-bond acceptors (Lipinski definition) is 4. The number of ketones is 1. The molecule has 3 saturated heterocycles. The lowest BCUT2D eigenvalue weighted by Crippen LogP contribution is -2.26. The van der Waals surface area contributed by atoms with Crippen molar-refractivity contribution in [2.45, 2.75) is 95.0 Å². The highest BCUT2D eigenvalue weighted by molar-refractivity contribution is 5.78. The van der Waals surface area contributed by atoms with Gasteiger partial charge in [0.1, 0.15) is 5.78 Å². The van der Waals surface area contributed by atoms with Crippen molar-refractivity contribution in [2.24, 2.45) is 0 Å². The average molecular weight is 310 g/mol. The molecule has 0 aliphatic carbocycles. The van der Waals surface area contributed by atoms with Gasteiger partial charge in [0.15, 0.2) is 0 Å². The van der Waals surface area contributed by atoms with E-state index in [0.717, 1.165) is 51.7 Å². The van der Waals surface area contributed by atoms with E-state index in [4.69, 9.17) is 14.2 Å². The first kappa shape index (κ1) is 16.4. The molecule has 0 aromatic rings. The van der Waals surface area contributed by atoms with Gasteiger partial charge >= 0.3 is 0 Å². The van der Waals surface area contributed by atoms with Crippen molar-refractivity contribution in [3.8, 4) is 0 Å². The lowest BCUT2D eigenvalue weighted by atomic mass is 10.0. The molecule has 3 fully saturated rings. The van der Waals surface area contributed by atoms with Gasteiger partial charge in [0, 0.05) is 26.1 Å². The van der Waals surface area contributed by atoms with Gasteiger partial charge in [0.2, 0.25) is 0 Å². The van der Waals surface area contributed by atoms with Gasteiger partial charge in [-0.2, -0.15) is 0 Å². The first-order valence-corrected chi connectivity index (χ1v) is 9.21. The molecule has 4 unspecified atom stereocenters. The van der Waals surface area contributed by atoms with Crippen LogP contribution in [-0.2, 0) is 19.0 Å². The zero-order valence-electron chi connectivity index (χ0n) is 13.6. The summed E-state index contributed by atoms with van der Waals surface area (Å²) in [5.41, 5.74) is 0. The molecule has 4 atom stereocenters. The van der Waals surface area contributed by atoms with Gasteiger partial charge in [-0.25, -0.2) is 0 Å². The van der Waals surface area contributed by atoms with Crippen LogP contribution in [0.2, 0.25) is 0 Å². The predicted molar refractivity (Wildman–Crippen MR) is 83.9 cm³/mol. The van der Waals surface area contributed by atoms with Gasteiger partial charge in [0.25, 0.3) is 0 Å². The van der Waals surface area contributed by atoms with Crippen molar-refractivity contribution >= 4 is 5.78 Å². The molecule has 0 N–H and O–H groups in total. The summed E-state index contributed by atoms with van der Waals surface area (Å²) in [6.07, 6.45) is 12.3. The zero-order valence-corrected chi connectivity index (χ0v) is 13.6. The fraction of sp³-hybridized carbons (Fsp3) is 0.944. The third-order valence-corrected chi connectivity index (χ3v) is 5.23. The number of carbonyl (C=O) groups excluding carboxylic acids is 1. The maximum Gasteiger partial charge on any atom is 0.135 e.